The van der Waals surface area contributed by atoms with Crippen molar-refractivity contribution in [1.29, 1.82) is 0 Å². The number of benzene rings is 1. The van der Waals surface area contributed by atoms with Crippen LogP contribution in [0.1, 0.15) is 24.8 Å². The van der Waals surface area contributed by atoms with E-state index in [9.17, 15) is 17.6 Å². The molecule has 2 rings (SSSR count). The molecule has 6 heteroatoms. The molecule has 0 radical (unpaired) electrons. The molecule has 104 valence electrons. The maximum absolute atomic E-state index is 13.0. The maximum atomic E-state index is 13.0. The van der Waals surface area contributed by atoms with Crippen LogP contribution < -0.4 is 0 Å². The van der Waals surface area contributed by atoms with E-state index in [1.807, 2.05) is 0 Å². The molecular weight excluding hydrogens is 271 g/mol. The molecule has 1 aliphatic carbocycles. The Kier molecular flexibility index (Phi) is 3.62. The number of hydrogen-bond donors (Lipinski definition) is 1. The summed E-state index contributed by atoms with van der Waals surface area (Å²) in [4.78, 5) is 10.7. The van der Waals surface area contributed by atoms with Gasteiger partial charge in [-0.3, -0.25) is 4.79 Å². The highest BCUT2D eigenvalue weighted by Crippen LogP contribution is 2.50. The zero-order valence-electron chi connectivity index (χ0n) is 10.3. The van der Waals surface area contributed by atoms with Gasteiger partial charge < -0.3 is 5.11 Å². The van der Waals surface area contributed by atoms with E-state index in [1.54, 1.807) is 6.07 Å². The minimum Gasteiger partial charge on any atom is -0.481 e. The van der Waals surface area contributed by atoms with Gasteiger partial charge >= 0.3 is 5.97 Å². The summed E-state index contributed by atoms with van der Waals surface area (Å²) in [5.74, 6) is -1.83. The predicted molar refractivity (Wildman–Crippen MR) is 67.8 cm³/mol. The van der Waals surface area contributed by atoms with Crippen LogP contribution in [-0.4, -0.2) is 25.2 Å². The molecule has 0 aromatic heterocycles. The van der Waals surface area contributed by atoms with Gasteiger partial charge in [0, 0.05) is 0 Å². The number of carboxylic acid groups (broad SMARTS) is 1. The van der Waals surface area contributed by atoms with Crippen LogP contribution in [0.3, 0.4) is 0 Å². The van der Waals surface area contributed by atoms with Gasteiger partial charge in [0.05, 0.1) is 17.9 Å². The van der Waals surface area contributed by atoms with Crippen LogP contribution in [0.25, 0.3) is 0 Å². The Bertz CT molecular complexity index is 590. The summed E-state index contributed by atoms with van der Waals surface area (Å²) in [5, 5.41) is 8.77. The summed E-state index contributed by atoms with van der Waals surface area (Å²) in [6, 6.07) is 5.46. The minimum absolute atomic E-state index is 0.116. The average Bonchev–Trinajstić information content (AvgIpc) is 2.93. The van der Waals surface area contributed by atoms with Crippen molar-refractivity contribution >= 4 is 15.8 Å². The Morgan fingerprint density at radius 1 is 1.37 bits per heavy atom. The summed E-state index contributed by atoms with van der Waals surface area (Å²) in [6.07, 6.45) is 1.14. The zero-order valence-corrected chi connectivity index (χ0v) is 11.1. The highest BCUT2D eigenvalue weighted by molar-refractivity contribution is 7.90. The Morgan fingerprint density at radius 2 is 2.05 bits per heavy atom. The van der Waals surface area contributed by atoms with Crippen molar-refractivity contribution in [2.75, 3.05) is 5.75 Å². The third kappa shape index (κ3) is 4.02. The van der Waals surface area contributed by atoms with Crippen molar-refractivity contribution in [3.63, 3.8) is 0 Å². The molecule has 0 bridgehead atoms. The fourth-order valence-electron chi connectivity index (χ4n) is 2.27. The van der Waals surface area contributed by atoms with Crippen LogP contribution >= 0.6 is 0 Å². The molecule has 1 saturated carbocycles. The van der Waals surface area contributed by atoms with Crippen molar-refractivity contribution in [2.45, 2.75) is 25.0 Å². The highest BCUT2D eigenvalue weighted by Gasteiger charge is 2.47. The van der Waals surface area contributed by atoms with E-state index in [4.69, 9.17) is 5.11 Å². The molecule has 1 aromatic rings. The predicted octanol–water partition coefficient (Wildman–Crippen LogP) is 2.00. The fraction of sp³-hybridized carbons (Fsp3) is 0.462. The first-order valence-corrected chi connectivity index (χ1v) is 7.79. The summed E-state index contributed by atoms with van der Waals surface area (Å²) >= 11 is 0. The lowest BCUT2D eigenvalue weighted by molar-refractivity contribution is -0.138. The van der Waals surface area contributed by atoms with E-state index >= 15 is 0 Å². The molecule has 19 heavy (non-hydrogen) atoms. The normalized spacial score (nSPS) is 17.1. The van der Waals surface area contributed by atoms with Gasteiger partial charge in [0.2, 0.25) is 0 Å². The van der Waals surface area contributed by atoms with Crippen LogP contribution in [0.2, 0.25) is 0 Å². The van der Waals surface area contributed by atoms with Crippen LogP contribution in [0.15, 0.2) is 24.3 Å². The molecule has 0 saturated heterocycles. The van der Waals surface area contributed by atoms with Gasteiger partial charge in [-0.1, -0.05) is 12.1 Å². The quantitative estimate of drug-likeness (QED) is 0.868. The largest absolute Gasteiger partial charge is 0.481 e. The van der Waals surface area contributed by atoms with Crippen molar-refractivity contribution in [3.8, 4) is 0 Å². The first-order valence-electron chi connectivity index (χ1n) is 5.97. The summed E-state index contributed by atoms with van der Waals surface area (Å²) in [7, 11) is -3.42. The second-order valence-electron chi connectivity index (χ2n) is 5.23. The van der Waals surface area contributed by atoms with Gasteiger partial charge in [-0.25, -0.2) is 12.8 Å². The smallest absolute Gasteiger partial charge is 0.303 e. The van der Waals surface area contributed by atoms with Gasteiger partial charge in [-0.15, -0.1) is 0 Å². The molecule has 0 spiro atoms. The highest BCUT2D eigenvalue weighted by atomic mass is 32.2. The molecule has 1 aromatic carbocycles. The summed E-state index contributed by atoms with van der Waals surface area (Å²) in [6.45, 7) is 0. The average molecular weight is 286 g/mol. The van der Waals surface area contributed by atoms with Crippen LogP contribution in [0.5, 0.6) is 0 Å². The second-order valence-corrected chi connectivity index (χ2v) is 7.30. The van der Waals surface area contributed by atoms with Crippen LogP contribution in [-0.2, 0) is 20.4 Å². The number of aliphatic carboxylic acids is 1. The van der Waals surface area contributed by atoms with Gasteiger partial charge in [0.15, 0.2) is 9.84 Å². The number of carbonyl (C=O) groups is 1. The van der Waals surface area contributed by atoms with Crippen molar-refractivity contribution < 1.29 is 22.7 Å². The number of halogens is 1. The summed E-state index contributed by atoms with van der Waals surface area (Å²) in [5.41, 5.74) is -0.205. The van der Waals surface area contributed by atoms with Gasteiger partial charge in [-0.2, -0.15) is 0 Å². The van der Waals surface area contributed by atoms with E-state index in [2.05, 4.69) is 0 Å². The molecule has 0 heterocycles. The zero-order chi connectivity index (χ0) is 14.1. The standard InChI is InChI=1S/C13H15FO4S/c14-11-3-1-2-10(6-11)8-19(17,18)9-13(4-5-13)7-12(15)16/h1-3,6H,4-5,7-9H2,(H,15,16). The first-order chi connectivity index (χ1) is 8.80. The van der Waals surface area contributed by atoms with Crippen molar-refractivity contribution in [2.24, 2.45) is 5.41 Å². The molecule has 0 atom stereocenters. The van der Waals surface area contributed by atoms with E-state index in [0.717, 1.165) is 0 Å². The summed E-state index contributed by atoms with van der Waals surface area (Å²) < 4.78 is 37.1. The third-order valence-corrected chi connectivity index (χ3v) is 5.11. The van der Waals surface area contributed by atoms with Crippen molar-refractivity contribution in [3.05, 3.63) is 35.6 Å². The second kappa shape index (κ2) is 4.92. The molecule has 4 nitrogen and oxygen atoms in total. The Hall–Kier alpha value is -1.43. The molecule has 0 unspecified atom stereocenters. The van der Waals surface area contributed by atoms with E-state index in [-0.39, 0.29) is 17.9 Å². The lowest BCUT2D eigenvalue weighted by Gasteiger charge is -2.12. The molecule has 1 N–H and O–H groups in total. The van der Waals surface area contributed by atoms with Gasteiger partial charge in [0.1, 0.15) is 5.82 Å². The Balaban J connectivity index is 2.05. The lowest BCUT2D eigenvalue weighted by atomic mass is 10.1. The SMILES string of the molecule is O=C(O)CC1(CS(=O)(=O)Cc2cccc(F)c2)CC1. The first kappa shape index (κ1) is 14.0. The molecular formula is C13H15FO4S. The van der Waals surface area contributed by atoms with Crippen molar-refractivity contribution in [1.82, 2.24) is 0 Å². The molecule has 1 fully saturated rings. The molecule has 1 aliphatic rings. The van der Waals surface area contributed by atoms with E-state index < -0.39 is 27.0 Å². The van der Waals surface area contributed by atoms with Crippen LogP contribution in [0, 0.1) is 11.2 Å². The Morgan fingerprint density at radius 3 is 2.58 bits per heavy atom. The minimum atomic E-state index is -3.42. The van der Waals surface area contributed by atoms with Crippen LogP contribution in [0.4, 0.5) is 4.39 Å². The maximum Gasteiger partial charge on any atom is 0.303 e. The van der Waals surface area contributed by atoms with Gasteiger partial charge in [-0.05, 0) is 36.0 Å². The van der Waals surface area contributed by atoms with E-state index in [0.29, 0.717) is 18.4 Å². The number of rotatable bonds is 6. The number of sulfone groups is 1. The van der Waals surface area contributed by atoms with Gasteiger partial charge in [0.25, 0.3) is 0 Å². The fourth-order valence-corrected chi connectivity index (χ4v) is 4.38. The molecule has 0 aliphatic heterocycles. The Labute approximate surface area is 111 Å². The third-order valence-electron chi connectivity index (χ3n) is 3.29. The number of carboxylic acids is 1. The molecule has 0 amide bonds. The topological polar surface area (TPSA) is 71.4 Å². The lowest BCUT2D eigenvalue weighted by Crippen LogP contribution is -2.21. The number of hydrogen-bond acceptors (Lipinski definition) is 3. The van der Waals surface area contributed by atoms with E-state index in [1.165, 1.54) is 18.2 Å². The monoisotopic (exact) mass is 286 g/mol.